The van der Waals surface area contributed by atoms with Crippen LogP contribution in [-0.2, 0) is 11.3 Å². The molecule has 3 heteroatoms. The molecule has 0 aliphatic heterocycles. The lowest BCUT2D eigenvalue weighted by Crippen LogP contribution is -2.26. The highest BCUT2D eigenvalue weighted by Crippen LogP contribution is 2.49. The number of amides is 1. The van der Waals surface area contributed by atoms with Gasteiger partial charge in [-0.2, -0.15) is 0 Å². The predicted octanol–water partition coefficient (Wildman–Crippen LogP) is 3.89. The van der Waals surface area contributed by atoms with Gasteiger partial charge >= 0.3 is 0 Å². The third-order valence-corrected chi connectivity index (χ3v) is 5.26. The van der Waals surface area contributed by atoms with E-state index in [1.807, 2.05) is 24.3 Å². The van der Waals surface area contributed by atoms with Crippen molar-refractivity contribution in [2.75, 3.05) is 0 Å². The fraction of sp³-hybridized carbons (Fsp3) is 0.562. The molecule has 2 saturated carbocycles. The quantitative estimate of drug-likeness (QED) is 0.895. The van der Waals surface area contributed by atoms with Gasteiger partial charge in [0.2, 0.25) is 5.91 Å². The average Bonchev–Trinajstić information content (AvgIpc) is 3.00. The molecule has 102 valence electrons. The first-order valence-electron chi connectivity index (χ1n) is 7.22. The Morgan fingerprint density at radius 3 is 2.63 bits per heavy atom. The molecule has 3 unspecified atom stereocenters. The zero-order valence-electron chi connectivity index (χ0n) is 11.1. The molecule has 2 fully saturated rings. The first-order chi connectivity index (χ1) is 9.20. The molecule has 0 spiro atoms. The zero-order chi connectivity index (χ0) is 13.2. The van der Waals surface area contributed by atoms with E-state index in [0.29, 0.717) is 12.5 Å². The van der Waals surface area contributed by atoms with E-state index in [1.54, 1.807) is 0 Å². The van der Waals surface area contributed by atoms with Gasteiger partial charge in [-0.05, 0) is 54.7 Å². The van der Waals surface area contributed by atoms with Crippen molar-refractivity contribution in [2.45, 2.75) is 38.6 Å². The van der Waals surface area contributed by atoms with Gasteiger partial charge < -0.3 is 5.32 Å². The first-order valence-corrected chi connectivity index (χ1v) is 8.01. The molecule has 0 heterocycles. The van der Waals surface area contributed by atoms with E-state index in [1.165, 1.54) is 25.7 Å². The van der Waals surface area contributed by atoms with E-state index < -0.39 is 0 Å². The SMILES string of the molecule is O=C(CC1CC2CCC1C2)NCc1ccc(Br)cc1. The van der Waals surface area contributed by atoms with E-state index in [4.69, 9.17) is 0 Å². The van der Waals surface area contributed by atoms with Gasteiger partial charge in [0.05, 0.1) is 0 Å². The van der Waals surface area contributed by atoms with E-state index in [0.717, 1.165) is 28.3 Å². The fourth-order valence-electron chi connectivity index (χ4n) is 3.74. The Kier molecular flexibility index (Phi) is 3.92. The maximum Gasteiger partial charge on any atom is 0.220 e. The van der Waals surface area contributed by atoms with Crippen LogP contribution < -0.4 is 5.32 Å². The number of carbonyl (C=O) groups excluding carboxylic acids is 1. The molecule has 1 amide bonds. The number of halogens is 1. The second-order valence-electron chi connectivity index (χ2n) is 6.04. The normalized spacial score (nSPS) is 28.6. The standard InChI is InChI=1S/C16H20BrNO/c17-15-5-2-11(3-6-15)10-18-16(19)9-14-8-12-1-4-13(14)7-12/h2-3,5-6,12-14H,1,4,7-10H2,(H,18,19). The highest BCUT2D eigenvalue weighted by atomic mass is 79.9. The second-order valence-corrected chi connectivity index (χ2v) is 6.96. The molecular weight excluding hydrogens is 302 g/mol. The van der Waals surface area contributed by atoms with Crippen LogP contribution in [0.15, 0.2) is 28.7 Å². The molecule has 3 rings (SSSR count). The molecule has 1 aromatic carbocycles. The summed E-state index contributed by atoms with van der Waals surface area (Å²) in [7, 11) is 0. The maximum atomic E-state index is 12.0. The van der Waals surface area contributed by atoms with Crippen LogP contribution in [0.1, 0.15) is 37.7 Å². The second kappa shape index (κ2) is 5.66. The summed E-state index contributed by atoms with van der Waals surface area (Å²) in [6.07, 6.45) is 6.16. The van der Waals surface area contributed by atoms with Gasteiger partial charge in [-0.25, -0.2) is 0 Å². The summed E-state index contributed by atoms with van der Waals surface area (Å²) in [4.78, 5) is 12.0. The smallest absolute Gasteiger partial charge is 0.220 e. The minimum Gasteiger partial charge on any atom is -0.352 e. The molecule has 3 atom stereocenters. The summed E-state index contributed by atoms with van der Waals surface area (Å²) < 4.78 is 1.07. The number of fused-ring (bicyclic) bond motifs is 2. The Balaban J connectivity index is 1.45. The fourth-order valence-corrected chi connectivity index (χ4v) is 4.00. The number of hydrogen-bond donors (Lipinski definition) is 1. The maximum absolute atomic E-state index is 12.0. The van der Waals surface area contributed by atoms with Crippen molar-refractivity contribution in [3.8, 4) is 0 Å². The molecular formula is C16H20BrNO. The highest BCUT2D eigenvalue weighted by molar-refractivity contribution is 9.10. The predicted molar refractivity (Wildman–Crippen MR) is 79.5 cm³/mol. The molecule has 2 bridgehead atoms. The van der Waals surface area contributed by atoms with Gasteiger partial charge in [0, 0.05) is 17.4 Å². The molecule has 19 heavy (non-hydrogen) atoms. The van der Waals surface area contributed by atoms with E-state index >= 15 is 0 Å². The van der Waals surface area contributed by atoms with E-state index in [9.17, 15) is 4.79 Å². The third-order valence-electron chi connectivity index (χ3n) is 4.74. The number of benzene rings is 1. The summed E-state index contributed by atoms with van der Waals surface area (Å²) >= 11 is 3.42. The number of nitrogens with one attached hydrogen (secondary N) is 1. The third kappa shape index (κ3) is 3.19. The van der Waals surface area contributed by atoms with Crippen LogP contribution in [0.25, 0.3) is 0 Å². The van der Waals surface area contributed by atoms with Crippen LogP contribution >= 0.6 is 15.9 Å². The van der Waals surface area contributed by atoms with Gasteiger partial charge in [-0.15, -0.1) is 0 Å². The van der Waals surface area contributed by atoms with Crippen LogP contribution in [0.3, 0.4) is 0 Å². The van der Waals surface area contributed by atoms with Crippen molar-refractivity contribution >= 4 is 21.8 Å². The van der Waals surface area contributed by atoms with Crippen molar-refractivity contribution in [1.29, 1.82) is 0 Å². The van der Waals surface area contributed by atoms with Crippen LogP contribution in [0.2, 0.25) is 0 Å². The van der Waals surface area contributed by atoms with Gasteiger partial charge in [0.1, 0.15) is 0 Å². The Morgan fingerprint density at radius 1 is 1.21 bits per heavy atom. The summed E-state index contributed by atoms with van der Waals surface area (Å²) in [5.74, 6) is 2.64. The summed E-state index contributed by atoms with van der Waals surface area (Å²) in [6.45, 7) is 0.646. The first kappa shape index (κ1) is 13.2. The Hall–Kier alpha value is -0.830. The van der Waals surface area contributed by atoms with Crippen molar-refractivity contribution < 1.29 is 4.79 Å². The van der Waals surface area contributed by atoms with Crippen molar-refractivity contribution in [3.05, 3.63) is 34.3 Å². The van der Waals surface area contributed by atoms with Crippen LogP contribution in [0, 0.1) is 17.8 Å². The largest absolute Gasteiger partial charge is 0.352 e. The highest BCUT2D eigenvalue weighted by Gasteiger charge is 2.39. The van der Waals surface area contributed by atoms with E-state index in [-0.39, 0.29) is 5.91 Å². The molecule has 2 aliphatic carbocycles. The van der Waals surface area contributed by atoms with Gasteiger partial charge in [-0.1, -0.05) is 34.5 Å². The minimum atomic E-state index is 0.223. The van der Waals surface area contributed by atoms with Gasteiger partial charge in [0.15, 0.2) is 0 Å². The lowest BCUT2D eigenvalue weighted by Gasteiger charge is -2.20. The molecule has 0 aromatic heterocycles. The number of carbonyl (C=O) groups is 1. The van der Waals surface area contributed by atoms with E-state index in [2.05, 4.69) is 21.2 Å². The van der Waals surface area contributed by atoms with Crippen LogP contribution in [-0.4, -0.2) is 5.91 Å². The molecule has 1 aromatic rings. The average molecular weight is 322 g/mol. The Bertz CT molecular complexity index is 456. The number of hydrogen-bond acceptors (Lipinski definition) is 1. The van der Waals surface area contributed by atoms with Crippen molar-refractivity contribution in [3.63, 3.8) is 0 Å². The molecule has 0 saturated heterocycles. The molecule has 2 nitrogen and oxygen atoms in total. The number of rotatable bonds is 4. The molecule has 1 N–H and O–H groups in total. The lowest BCUT2D eigenvalue weighted by atomic mass is 9.86. The monoisotopic (exact) mass is 321 g/mol. The molecule has 2 aliphatic rings. The van der Waals surface area contributed by atoms with Crippen LogP contribution in [0.4, 0.5) is 0 Å². The van der Waals surface area contributed by atoms with Crippen molar-refractivity contribution in [1.82, 2.24) is 5.32 Å². The van der Waals surface area contributed by atoms with Crippen LogP contribution in [0.5, 0.6) is 0 Å². The summed E-state index contributed by atoms with van der Waals surface area (Å²) in [6, 6.07) is 8.11. The Morgan fingerprint density at radius 2 is 2.00 bits per heavy atom. The van der Waals surface area contributed by atoms with Crippen molar-refractivity contribution in [2.24, 2.45) is 17.8 Å². The van der Waals surface area contributed by atoms with Gasteiger partial charge in [0.25, 0.3) is 0 Å². The van der Waals surface area contributed by atoms with Gasteiger partial charge in [-0.3, -0.25) is 4.79 Å². The zero-order valence-corrected chi connectivity index (χ0v) is 12.7. The lowest BCUT2D eigenvalue weighted by molar-refractivity contribution is -0.122. The summed E-state index contributed by atoms with van der Waals surface area (Å²) in [5, 5.41) is 3.05. The topological polar surface area (TPSA) is 29.1 Å². The minimum absolute atomic E-state index is 0.223. The molecule has 0 radical (unpaired) electrons. The summed E-state index contributed by atoms with van der Waals surface area (Å²) in [5.41, 5.74) is 1.16. The Labute approximate surface area is 123 Å².